The molecule has 0 saturated carbocycles. The lowest BCUT2D eigenvalue weighted by atomic mass is 9.98. The molecular weight excluding hydrogens is 751 g/mol. The number of morpholine rings is 1. The first-order valence-electron chi connectivity index (χ1n) is 19.7. The molecule has 6 heterocycles. The molecule has 15 heteroatoms. The molecule has 0 bridgehead atoms. The molecule has 3 aromatic carbocycles. The van der Waals surface area contributed by atoms with Crippen molar-refractivity contribution in [2.75, 3.05) is 44.3 Å². The van der Waals surface area contributed by atoms with Crippen LogP contribution >= 0.6 is 0 Å². The second kappa shape index (κ2) is 16.6. The van der Waals surface area contributed by atoms with Crippen molar-refractivity contribution in [3.8, 4) is 17.1 Å². The summed E-state index contributed by atoms with van der Waals surface area (Å²) in [7, 11) is 0. The fourth-order valence-corrected chi connectivity index (χ4v) is 8.12. The van der Waals surface area contributed by atoms with Crippen LogP contribution in [0.3, 0.4) is 0 Å². The van der Waals surface area contributed by atoms with Crippen molar-refractivity contribution in [3.63, 3.8) is 0 Å². The number of anilines is 1. The van der Waals surface area contributed by atoms with Gasteiger partial charge in [-0.2, -0.15) is 5.01 Å². The molecule has 6 aromatic rings. The van der Waals surface area contributed by atoms with E-state index in [4.69, 9.17) is 14.2 Å². The Morgan fingerprint density at radius 3 is 2.49 bits per heavy atom. The molecule has 3 saturated heterocycles. The Morgan fingerprint density at radius 2 is 1.66 bits per heavy atom. The van der Waals surface area contributed by atoms with Gasteiger partial charge in [-0.05, 0) is 53.1 Å². The first-order valence-corrected chi connectivity index (χ1v) is 19.7. The maximum absolute atomic E-state index is 14.7. The fourth-order valence-electron chi connectivity index (χ4n) is 8.12. The number of phenolic OH excluding ortho intramolecular Hbond substituents is 1. The topological polar surface area (TPSA) is 161 Å². The summed E-state index contributed by atoms with van der Waals surface area (Å²) in [6.07, 6.45) is 1.03. The third-order valence-corrected chi connectivity index (χ3v) is 11.0. The van der Waals surface area contributed by atoms with Crippen LogP contribution in [0.15, 0.2) is 120 Å². The van der Waals surface area contributed by atoms with Gasteiger partial charge in [0.1, 0.15) is 29.5 Å². The predicted molar refractivity (Wildman–Crippen MR) is 217 cm³/mol. The number of ether oxygens (including phenoxy) is 1. The standard InChI is InChI=1S/C44H43N9O6/c54-33-16-14-30(15-17-33)23-39-43(56)50(26-32-9-4-11-36-35(32)10-6-18-45-36)28-41-52(39)42(55)29-51(53(41)44(57)46-25-31-7-2-1-3-8-31)27-34-24-38(48-59-34)37-12-5-13-40(47-37)49-19-21-58-22-20-49/h1-18,24,39,41,54H,19-23,25-29H2,(H,46,57)/t39?,41-/m0/s1. The zero-order valence-corrected chi connectivity index (χ0v) is 32.3. The first-order chi connectivity index (χ1) is 28.9. The van der Waals surface area contributed by atoms with Gasteiger partial charge in [0.25, 0.3) is 0 Å². The van der Waals surface area contributed by atoms with E-state index in [0.717, 1.165) is 46.5 Å². The summed E-state index contributed by atoms with van der Waals surface area (Å²) in [6, 6.07) is 32.0. The highest BCUT2D eigenvalue weighted by Crippen LogP contribution is 2.32. The average molecular weight is 794 g/mol. The smallest absolute Gasteiger partial charge is 0.334 e. The Kier molecular flexibility index (Phi) is 10.6. The summed E-state index contributed by atoms with van der Waals surface area (Å²) < 4.78 is 11.4. The fraction of sp³-hybridized carbons (Fsp3) is 0.273. The van der Waals surface area contributed by atoms with Gasteiger partial charge < -0.3 is 34.4 Å². The number of hydrogen-bond acceptors (Lipinski definition) is 11. The normalized spacial score (nSPS) is 18.6. The summed E-state index contributed by atoms with van der Waals surface area (Å²) >= 11 is 0. The van der Waals surface area contributed by atoms with Crippen LogP contribution in [0.2, 0.25) is 0 Å². The number of benzene rings is 3. The molecule has 300 valence electrons. The largest absolute Gasteiger partial charge is 0.508 e. The summed E-state index contributed by atoms with van der Waals surface area (Å²) in [5.74, 6) is 0.779. The van der Waals surface area contributed by atoms with E-state index in [1.54, 1.807) is 56.3 Å². The van der Waals surface area contributed by atoms with Crippen LogP contribution in [0.4, 0.5) is 10.6 Å². The van der Waals surface area contributed by atoms with E-state index in [9.17, 15) is 19.5 Å². The van der Waals surface area contributed by atoms with Crippen LogP contribution in [0.5, 0.6) is 5.75 Å². The number of pyridine rings is 2. The number of aromatic hydroxyl groups is 1. The zero-order valence-electron chi connectivity index (χ0n) is 32.3. The number of aromatic nitrogens is 3. The maximum atomic E-state index is 14.7. The van der Waals surface area contributed by atoms with Gasteiger partial charge in [0.2, 0.25) is 11.8 Å². The van der Waals surface area contributed by atoms with Gasteiger partial charge in [0.05, 0.1) is 44.1 Å². The molecular formula is C44H43N9O6. The number of piperazine rings is 1. The minimum absolute atomic E-state index is 0.0383. The summed E-state index contributed by atoms with van der Waals surface area (Å²) in [4.78, 5) is 58.5. The molecule has 3 fully saturated rings. The Hall–Kier alpha value is -6.84. The third-order valence-electron chi connectivity index (χ3n) is 11.0. The first kappa shape index (κ1) is 37.7. The average Bonchev–Trinajstić information content (AvgIpc) is 3.74. The highest BCUT2D eigenvalue weighted by atomic mass is 16.5. The van der Waals surface area contributed by atoms with E-state index >= 15 is 0 Å². The molecule has 9 rings (SSSR count). The highest BCUT2D eigenvalue weighted by Gasteiger charge is 2.51. The number of fused-ring (bicyclic) bond motifs is 2. The molecule has 59 heavy (non-hydrogen) atoms. The van der Waals surface area contributed by atoms with Crippen LogP contribution < -0.4 is 10.2 Å². The van der Waals surface area contributed by atoms with Gasteiger partial charge in [-0.1, -0.05) is 71.9 Å². The Balaban J connectivity index is 1.05. The number of phenols is 1. The second-order valence-corrected chi connectivity index (χ2v) is 14.8. The van der Waals surface area contributed by atoms with Gasteiger partial charge >= 0.3 is 6.03 Å². The lowest BCUT2D eigenvalue weighted by molar-refractivity contribution is -0.193. The molecule has 1 unspecified atom stereocenters. The molecule has 3 aromatic heterocycles. The van der Waals surface area contributed by atoms with Crippen molar-refractivity contribution < 1.29 is 28.8 Å². The van der Waals surface area contributed by atoms with Crippen molar-refractivity contribution in [1.82, 2.24) is 40.3 Å². The van der Waals surface area contributed by atoms with Crippen molar-refractivity contribution in [2.24, 2.45) is 0 Å². The number of carbonyl (C=O) groups excluding carboxylic acids is 3. The number of hydrazine groups is 1. The quantitative estimate of drug-likeness (QED) is 0.200. The number of rotatable bonds is 10. The van der Waals surface area contributed by atoms with Gasteiger partial charge in [0.15, 0.2) is 5.76 Å². The molecule has 4 amide bonds. The maximum Gasteiger partial charge on any atom is 0.334 e. The van der Waals surface area contributed by atoms with Crippen molar-refractivity contribution >= 4 is 34.6 Å². The van der Waals surface area contributed by atoms with E-state index in [2.05, 4.69) is 20.4 Å². The number of urea groups is 1. The molecule has 0 aliphatic carbocycles. The van der Waals surface area contributed by atoms with Gasteiger partial charge in [-0.15, -0.1) is 0 Å². The molecule has 2 atom stereocenters. The van der Waals surface area contributed by atoms with Gasteiger partial charge in [-0.3, -0.25) is 14.6 Å². The monoisotopic (exact) mass is 793 g/mol. The molecule has 3 aliphatic heterocycles. The number of nitrogens with one attached hydrogen (secondary N) is 1. The Bertz CT molecular complexity index is 2450. The van der Waals surface area contributed by atoms with E-state index in [1.165, 1.54) is 0 Å². The van der Waals surface area contributed by atoms with Gasteiger partial charge in [-0.25, -0.2) is 14.8 Å². The minimum Gasteiger partial charge on any atom is -0.508 e. The molecule has 15 nitrogen and oxygen atoms in total. The lowest BCUT2D eigenvalue weighted by Gasteiger charge is -2.55. The highest BCUT2D eigenvalue weighted by molar-refractivity contribution is 5.92. The molecule has 2 N–H and O–H groups in total. The minimum atomic E-state index is -0.938. The second-order valence-electron chi connectivity index (χ2n) is 14.8. The summed E-state index contributed by atoms with van der Waals surface area (Å²) in [6.45, 7) is 3.09. The summed E-state index contributed by atoms with van der Waals surface area (Å²) in [5, 5.41) is 21.6. The number of carbonyl (C=O) groups is 3. The van der Waals surface area contributed by atoms with Crippen molar-refractivity contribution in [3.05, 3.63) is 138 Å². The summed E-state index contributed by atoms with van der Waals surface area (Å²) in [5.41, 5.74) is 4.50. The van der Waals surface area contributed by atoms with E-state index in [0.29, 0.717) is 30.4 Å². The number of hydrogen-bond donors (Lipinski definition) is 2. The van der Waals surface area contributed by atoms with Crippen LogP contribution in [-0.2, 0) is 40.4 Å². The Morgan fingerprint density at radius 1 is 0.847 bits per heavy atom. The number of amides is 4. The third kappa shape index (κ3) is 8.02. The van der Waals surface area contributed by atoms with Crippen molar-refractivity contribution in [1.29, 1.82) is 0 Å². The molecule has 3 aliphatic rings. The zero-order chi connectivity index (χ0) is 40.3. The number of nitrogens with zero attached hydrogens (tertiary/aromatic N) is 8. The van der Waals surface area contributed by atoms with E-state index in [1.807, 2.05) is 78.9 Å². The van der Waals surface area contributed by atoms with Crippen LogP contribution in [0, 0.1) is 0 Å². The van der Waals surface area contributed by atoms with Crippen molar-refractivity contribution in [2.45, 2.75) is 38.3 Å². The van der Waals surface area contributed by atoms with Crippen LogP contribution in [0.1, 0.15) is 22.5 Å². The van der Waals surface area contributed by atoms with E-state index < -0.39 is 18.2 Å². The Labute approximate surface area is 340 Å². The van der Waals surface area contributed by atoms with Crippen LogP contribution in [-0.4, -0.2) is 109 Å². The SMILES string of the molecule is O=C1C(Cc2ccc(O)cc2)N2C(=O)CN(Cc3cc(-c4cccc(N5CCOCC5)n4)no3)N(C(=O)NCc3ccccc3)[C@H]2CN1Cc1cccc2ncccc12. The van der Waals surface area contributed by atoms with Crippen LogP contribution in [0.25, 0.3) is 22.3 Å². The lowest BCUT2D eigenvalue weighted by Crippen LogP contribution is -2.76. The predicted octanol–water partition coefficient (Wildman–Crippen LogP) is 4.58. The molecule has 0 spiro atoms. The van der Waals surface area contributed by atoms with Gasteiger partial charge in [0, 0.05) is 50.2 Å². The van der Waals surface area contributed by atoms with E-state index in [-0.39, 0.29) is 56.7 Å². The molecule has 0 radical (unpaired) electrons.